The van der Waals surface area contributed by atoms with E-state index in [1.165, 1.54) is 32.1 Å². The largest absolute Gasteiger partial charge is 0.0648 e. The average molecular weight is 125 g/mol. The van der Waals surface area contributed by atoms with Gasteiger partial charge in [-0.2, -0.15) is 0 Å². The van der Waals surface area contributed by atoms with Crippen LogP contribution in [-0.2, 0) is 0 Å². The highest BCUT2D eigenvalue weighted by molar-refractivity contribution is 4.97. The molecule has 1 aliphatic carbocycles. The Kier molecular flexibility index (Phi) is 2.56. The lowest BCUT2D eigenvalue weighted by Crippen LogP contribution is -2.18. The molecule has 0 aromatic heterocycles. The smallest absolute Gasteiger partial charge is 0.0215 e. The van der Waals surface area contributed by atoms with Crippen LogP contribution in [0.1, 0.15) is 46.0 Å². The molecule has 1 fully saturated rings. The molecule has 0 nitrogen and oxygen atoms in total. The van der Waals surface area contributed by atoms with Gasteiger partial charge in [0.15, 0.2) is 0 Å². The van der Waals surface area contributed by atoms with Gasteiger partial charge in [0.25, 0.3) is 0 Å². The van der Waals surface area contributed by atoms with Gasteiger partial charge >= 0.3 is 0 Å². The molecule has 0 amide bonds. The number of rotatable bonds is 3. The van der Waals surface area contributed by atoms with Crippen molar-refractivity contribution in [3.63, 3.8) is 0 Å². The van der Waals surface area contributed by atoms with E-state index < -0.39 is 0 Å². The van der Waals surface area contributed by atoms with Gasteiger partial charge in [-0.25, -0.2) is 0 Å². The summed E-state index contributed by atoms with van der Waals surface area (Å²) in [6, 6.07) is 0. The Morgan fingerprint density at radius 2 is 1.78 bits per heavy atom. The Morgan fingerprint density at radius 1 is 1.22 bits per heavy atom. The molecular formula is C9H17. The van der Waals surface area contributed by atoms with Crippen molar-refractivity contribution in [2.75, 3.05) is 0 Å². The minimum Gasteiger partial charge on any atom is -0.0648 e. The van der Waals surface area contributed by atoms with Crippen molar-refractivity contribution in [3.05, 3.63) is 5.92 Å². The highest BCUT2D eigenvalue weighted by Gasteiger charge is 2.24. The van der Waals surface area contributed by atoms with Gasteiger partial charge in [0.1, 0.15) is 0 Å². The van der Waals surface area contributed by atoms with Gasteiger partial charge in [0.05, 0.1) is 0 Å². The van der Waals surface area contributed by atoms with Crippen LogP contribution in [0.15, 0.2) is 0 Å². The maximum absolute atomic E-state index is 2.29. The molecule has 0 unspecified atom stereocenters. The summed E-state index contributed by atoms with van der Waals surface area (Å²) in [5, 5.41) is 0. The van der Waals surface area contributed by atoms with E-state index in [1.54, 1.807) is 5.92 Å². The molecule has 0 aliphatic heterocycles. The Balaban J connectivity index is 2.19. The van der Waals surface area contributed by atoms with Crippen molar-refractivity contribution in [3.8, 4) is 0 Å². The topological polar surface area (TPSA) is 0 Å². The number of hydrogen-bond acceptors (Lipinski definition) is 0. The Hall–Kier alpha value is 0. The second kappa shape index (κ2) is 3.24. The zero-order valence-electron chi connectivity index (χ0n) is 6.61. The molecule has 1 rings (SSSR count). The maximum Gasteiger partial charge on any atom is -0.0215 e. The third-order valence-corrected chi connectivity index (χ3v) is 2.59. The van der Waals surface area contributed by atoms with Crippen LogP contribution < -0.4 is 0 Å². The van der Waals surface area contributed by atoms with Crippen molar-refractivity contribution in [1.29, 1.82) is 0 Å². The van der Waals surface area contributed by atoms with Crippen LogP contribution in [-0.4, -0.2) is 0 Å². The van der Waals surface area contributed by atoms with Crippen molar-refractivity contribution in [1.82, 2.24) is 0 Å². The SMILES string of the molecule is CC[C](CC)C1CCC1. The van der Waals surface area contributed by atoms with Crippen molar-refractivity contribution >= 4 is 0 Å². The normalized spacial score (nSPS) is 20.3. The van der Waals surface area contributed by atoms with E-state index in [9.17, 15) is 0 Å². The summed E-state index contributed by atoms with van der Waals surface area (Å²) in [6.45, 7) is 4.58. The first-order valence-electron chi connectivity index (χ1n) is 4.23. The van der Waals surface area contributed by atoms with Crippen molar-refractivity contribution in [2.24, 2.45) is 5.92 Å². The Labute approximate surface area is 58.7 Å². The van der Waals surface area contributed by atoms with Gasteiger partial charge < -0.3 is 0 Å². The molecule has 0 saturated heterocycles. The van der Waals surface area contributed by atoms with E-state index in [-0.39, 0.29) is 0 Å². The average Bonchev–Trinajstić information content (AvgIpc) is 1.78. The van der Waals surface area contributed by atoms with Crippen LogP contribution in [0.5, 0.6) is 0 Å². The van der Waals surface area contributed by atoms with Crippen LogP contribution in [0, 0.1) is 11.8 Å². The van der Waals surface area contributed by atoms with E-state index in [4.69, 9.17) is 0 Å². The lowest BCUT2D eigenvalue weighted by Gasteiger charge is -2.32. The first-order valence-corrected chi connectivity index (χ1v) is 4.23. The van der Waals surface area contributed by atoms with Crippen molar-refractivity contribution in [2.45, 2.75) is 46.0 Å². The fraction of sp³-hybridized carbons (Fsp3) is 0.889. The molecule has 0 aromatic rings. The summed E-state index contributed by atoms with van der Waals surface area (Å²) in [6.07, 6.45) is 7.09. The molecular weight excluding hydrogens is 108 g/mol. The van der Waals surface area contributed by atoms with Gasteiger partial charge in [-0.3, -0.25) is 0 Å². The monoisotopic (exact) mass is 125 g/mol. The second-order valence-electron chi connectivity index (χ2n) is 2.99. The molecule has 53 valence electrons. The summed E-state index contributed by atoms with van der Waals surface area (Å²) >= 11 is 0. The highest BCUT2D eigenvalue weighted by Crippen LogP contribution is 2.37. The summed E-state index contributed by atoms with van der Waals surface area (Å²) in [4.78, 5) is 0. The zero-order valence-corrected chi connectivity index (χ0v) is 6.61. The molecule has 0 bridgehead atoms. The third kappa shape index (κ3) is 1.47. The molecule has 1 radical (unpaired) electrons. The summed E-state index contributed by atoms with van der Waals surface area (Å²) in [5.41, 5.74) is 0. The first kappa shape index (κ1) is 7.11. The lowest BCUT2D eigenvalue weighted by atomic mass is 9.74. The van der Waals surface area contributed by atoms with Crippen LogP contribution in [0.2, 0.25) is 0 Å². The molecule has 1 aliphatic rings. The summed E-state index contributed by atoms with van der Waals surface area (Å²) < 4.78 is 0. The van der Waals surface area contributed by atoms with E-state index in [2.05, 4.69) is 13.8 Å². The fourth-order valence-electron chi connectivity index (χ4n) is 1.64. The molecule has 9 heavy (non-hydrogen) atoms. The van der Waals surface area contributed by atoms with E-state index in [0.29, 0.717) is 0 Å². The standard InChI is InChI=1S/C9H17/c1-3-8(4-2)9-6-5-7-9/h9H,3-7H2,1-2H3. The van der Waals surface area contributed by atoms with Crippen LogP contribution >= 0.6 is 0 Å². The lowest BCUT2D eigenvalue weighted by molar-refractivity contribution is 0.311. The Bertz CT molecular complexity index is 68.1. The molecule has 0 spiro atoms. The predicted molar refractivity (Wildman–Crippen MR) is 41.2 cm³/mol. The molecule has 0 atom stereocenters. The number of hydrogen-bond donors (Lipinski definition) is 0. The molecule has 0 heterocycles. The molecule has 0 N–H and O–H groups in total. The van der Waals surface area contributed by atoms with Crippen molar-refractivity contribution < 1.29 is 0 Å². The Morgan fingerprint density at radius 3 is 1.89 bits per heavy atom. The van der Waals surface area contributed by atoms with Crippen LogP contribution in [0.3, 0.4) is 0 Å². The first-order chi connectivity index (χ1) is 4.38. The minimum atomic E-state index is 1.03. The minimum absolute atomic E-state index is 1.03. The molecule has 0 aromatic carbocycles. The highest BCUT2D eigenvalue weighted by atomic mass is 14.3. The van der Waals surface area contributed by atoms with Gasteiger partial charge in [-0.15, -0.1) is 0 Å². The third-order valence-electron chi connectivity index (χ3n) is 2.59. The van der Waals surface area contributed by atoms with Crippen LogP contribution in [0.25, 0.3) is 0 Å². The second-order valence-corrected chi connectivity index (χ2v) is 2.99. The van der Waals surface area contributed by atoms with Gasteiger partial charge in [0.2, 0.25) is 0 Å². The van der Waals surface area contributed by atoms with Crippen LogP contribution in [0.4, 0.5) is 0 Å². The quantitative estimate of drug-likeness (QED) is 0.543. The van der Waals surface area contributed by atoms with E-state index >= 15 is 0 Å². The van der Waals surface area contributed by atoms with E-state index in [1.807, 2.05) is 0 Å². The van der Waals surface area contributed by atoms with Gasteiger partial charge in [0, 0.05) is 0 Å². The molecule has 0 heteroatoms. The molecule has 1 saturated carbocycles. The summed E-state index contributed by atoms with van der Waals surface area (Å²) in [7, 11) is 0. The van der Waals surface area contributed by atoms with E-state index in [0.717, 1.165) is 5.92 Å². The van der Waals surface area contributed by atoms with Gasteiger partial charge in [-0.05, 0) is 37.5 Å². The zero-order chi connectivity index (χ0) is 6.69. The fourth-order valence-corrected chi connectivity index (χ4v) is 1.64. The predicted octanol–water partition coefficient (Wildman–Crippen LogP) is 3.18. The van der Waals surface area contributed by atoms with Gasteiger partial charge in [-0.1, -0.05) is 20.3 Å². The maximum atomic E-state index is 2.29. The summed E-state index contributed by atoms with van der Waals surface area (Å²) in [5.74, 6) is 2.83.